The largest absolute Gasteiger partial charge is 0.391 e. The van der Waals surface area contributed by atoms with Crippen molar-refractivity contribution in [3.05, 3.63) is 12.2 Å². The van der Waals surface area contributed by atoms with Gasteiger partial charge in [0.05, 0.1) is 11.5 Å². The van der Waals surface area contributed by atoms with E-state index in [1.807, 2.05) is 6.92 Å². The molecular weight excluding hydrogens is 171 g/mol. The molecule has 60 valence electrons. The van der Waals surface area contributed by atoms with Gasteiger partial charge in [0.2, 0.25) is 0 Å². The van der Waals surface area contributed by atoms with Crippen LogP contribution in [-0.4, -0.2) is 22.5 Å². The van der Waals surface area contributed by atoms with Crippen LogP contribution < -0.4 is 0 Å². The zero-order valence-electron chi connectivity index (χ0n) is 5.98. The van der Waals surface area contributed by atoms with E-state index in [-0.39, 0.29) is 11.3 Å². The van der Waals surface area contributed by atoms with Crippen LogP contribution in [0.15, 0.2) is 12.2 Å². The molecule has 0 aliphatic rings. The Bertz CT molecular complexity index is 114. The zero-order chi connectivity index (χ0) is 8.15. The molecule has 0 saturated carbocycles. The van der Waals surface area contributed by atoms with Crippen molar-refractivity contribution < 1.29 is 5.11 Å². The monoisotopic (exact) mass is 182 g/mol. The van der Waals surface area contributed by atoms with E-state index >= 15 is 0 Å². The van der Waals surface area contributed by atoms with E-state index in [0.717, 1.165) is 5.57 Å². The second kappa shape index (κ2) is 5.00. The molecule has 0 aromatic heterocycles. The number of aliphatic hydroxyl groups excluding tert-OH is 1. The smallest absolute Gasteiger partial charge is 0.0752 e. The summed E-state index contributed by atoms with van der Waals surface area (Å²) in [6.45, 7) is 5.50. The number of alkyl halides is 2. The molecule has 0 aliphatic carbocycles. The van der Waals surface area contributed by atoms with Gasteiger partial charge in [-0.25, -0.2) is 0 Å². The van der Waals surface area contributed by atoms with E-state index in [1.54, 1.807) is 0 Å². The van der Waals surface area contributed by atoms with Gasteiger partial charge in [0.1, 0.15) is 0 Å². The molecule has 0 radical (unpaired) electrons. The highest BCUT2D eigenvalue weighted by Crippen LogP contribution is 2.12. The predicted molar refractivity (Wildman–Crippen MR) is 45.8 cm³/mol. The molecule has 2 atom stereocenters. The fourth-order valence-electron chi connectivity index (χ4n) is 0.588. The molecule has 0 rings (SSSR count). The standard InChI is InChI=1S/C7H12Cl2O/c1-5(2)3-7(10)6(9)4-8/h6-7,10H,1,3-4H2,2H3/t6-,7+/m1/s1. The second-order valence-electron chi connectivity index (χ2n) is 2.40. The summed E-state index contributed by atoms with van der Waals surface area (Å²) < 4.78 is 0. The van der Waals surface area contributed by atoms with Gasteiger partial charge in [-0.05, 0) is 13.3 Å². The number of aliphatic hydroxyl groups is 1. The van der Waals surface area contributed by atoms with Crippen LogP contribution in [0.3, 0.4) is 0 Å². The van der Waals surface area contributed by atoms with E-state index < -0.39 is 6.10 Å². The molecule has 1 nitrogen and oxygen atoms in total. The van der Waals surface area contributed by atoms with Crippen molar-refractivity contribution >= 4 is 23.2 Å². The Balaban J connectivity index is 3.61. The van der Waals surface area contributed by atoms with Crippen molar-refractivity contribution in [2.75, 3.05) is 5.88 Å². The third-order valence-electron chi connectivity index (χ3n) is 1.12. The van der Waals surface area contributed by atoms with Crippen molar-refractivity contribution in [2.45, 2.75) is 24.8 Å². The molecule has 0 unspecified atom stereocenters. The quantitative estimate of drug-likeness (QED) is 0.523. The first-order chi connectivity index (χ1) is 4.57. The molecule has 1 N–H and O–H groups in total. The van der Waals surface area contributed by atoms with E-state index in [1.165, 1.54) is 0 Å². The molecule has 0 aliphatic heterocycles. The minimum absolute atomic E-state index is 0.274. The Morgan fingerprint density at radius 2 is 2.20 bits per heavy atom. The van der Waals surface area contributed by atoms with Gasteiger partial charge in [-0.15, -0.1) is 29.8 Å². The number of hydrogen-bond donors (Lipinski definition) is 1. The van der Waals surface area contributed by atoms with E-state index in [9.17, 15) is 5.11 Å². The zero-order valence-corrected chi connectivity index (χ0v) is 7.49. The summed E-state index contributed by atoms with van der Waals surface area (Å²) in [5.74, 6) is 0.274. The van der Waals surface area contributed by atoms with Gasteiger partial charge in [-0.1, -0.05) is 5.57 Å². The lowest BCUT2D eigenvalue weighted by molar-refractivity contribution is 0.175. The Morgan fingerprint density at radius 1 is 1.70 bits per heavy atom. The topological polar surface area (TPSA) is 20.2 Å². The first-order valence-electron chi connectivity index (χ1n) is 3.10. The summed E-state index contributed by atoms with van der Waals surface area (Å²) >= 11 is 11.0. The van der Waals surface area contributed by atoms with E-state index in [4.69, 9.17) is 23.2 Å². The van der Waals surface area contributed by atoms with Gasteiger partial charge < -0.3 is 5.11 Å². The van der Waals surface area contributed by atoms with Crippen LogP contribution in [-0.2, 0) is 0 Å². The first-order valence-corrected chi connectivity index (χ1v) is 4.07. The second-order valence-corrected chi connectivity index (χ2v) is 3.27. The van der Waals surface area contributed by atoms with E-state index in [2.05, 4.69) is 6.58 Å². The maximum absolute atomic E-state index is 9.21. The molecule has 10 heavy (non-hydrogen) atoms. The summed E-state index contributed by atoms with van der Waals surface area (Å²) in [4.78, 5) is 0. The Labute approximate surface area is 71.6 Å². The minimum atomic E-state index is -0.559. The van der Waals surface area contributed by atoms with Crippen LogP contribution in [0.2, 0.25) is 0 Å². The molecule has 0 aromatic rings. The summed E-state index contributed by atoms with van der Waals surface area (Å²) in [5.41, 5.74) is 0.920. The molecule has 0 heterocycles. The third kappa shape index (κ3) is 4.15. The molecular formula is C7H12Cl2O. The van der Waals surface area contributed by atoms with Gasteiger partial charge >= 0.3 is 0 Å². The lowest BCUT2D eigenvalue weighted by atomic mass is 10.1. The molecule has 0 spiro atoms. The highest BCUT2D eigenvalue weighted by atomic mass is 35.5. The Hall–Kier alpha value is 0.280. The fourth-order valence-corrected chi connectivity index (χ4v) is 0.882. The lowest BCUT2D eigenvalue weighted by Gasteiger charge is -2.13. The van der Waals surface area contributed by atoms with Crippen LogP contribution in [0.5, 0.6) is 0 Å². The number of rotatable bonds is 4. The van der Waals surface area contributed by atoms with Crippen molar-refractivity contribution in [3.63, 3.8) is 0 Å². The number of halogens is 2. The number of hydrogen-bond acceptors (Lipinski definition) is 1. The maximum atomic E-state index is 9.21. The molecule has 3 heteroatoms. The molecule has 0 amide bonds. The normalized spacial score (nSPS) is 16.4. The average molecular weight is 183 g/mol. The van der Waals surface area contributed by atoms with Crippen molar-refractivity contribution in [1.29, 1.82) is 0 Å². The van der Waals surface area contributed by atoms with E-state index in [0.29, 0.717) is 6.42 Å². The lowest BCUT2D eigenvalue weighted by Crippen LogP contribution is -2.22. The molecule has 0 saturated heterocycles. The van der Waals surface area contributed by atoms with Gasteiger partial charge in [0, 0.05) is 5.88 Å². The molecule has 0 fully saturated rings. The van der Waals surface area contributed by atoms with Gasteiger partial charge in [0.25, 0.3) is 0 Å². The van der Waals surface area contributed by atoms with Gasteiger partial charge in [0.15, 0.2) is 0 Å². The minimum Gasteiger partial charge on any atom is -0.391 e. The summed E-state index contributed by atoms with van der Waals surface area (Å²) in [5, 5.41) is 8.85. The predicted octanol–water partition coefficient (Wildman–Crippen LogP) is 2.16. The van der Waals surface area contributed by atoms with Crippen molar-refractivity contribution in [3.8, 4) is 0 Å². The molecule has 0 aromatic carbocycles. The van der Waals surface area contributed by atoms with Crippen LogP contribution in [0.4, 0.5) is 0 Å². The summed E-state index contributed by atoms with van der Waals surface area (Å²) in [6.07, 6.45) is -0.0300. The Morgan fingerprint density at radius 3 is 2.50 bits per heavy atom. The van der Waals surface area contributed by atoms with Crippen molar-refractivity contribution in [1.82, 2.24) is 0 Å². The van der Waals surface area contributed by atoms with Crippen LogP contribution >= 0.6 is 23.2 Å². The molecule has 0 bridgehead atoms. The SMILES string of the molecule is C=C(C)C[C@H](O)[C@H](Cl)CCl. The average Bonchev–Trinajstić information content (AvgIpc) is 1.85. The summed E-state index contributed by atoms with van der Waals surface area (Å²) in [7, 11) is 0. The van der Waals surface area contributed by atoms with Gasteiger partial charge in [-0.2, -0.15) is 0 Å². The van der Waals surface area contributed by atoms with Crippen LogP contribution in [0.25, 0.3) is 0 Å². The Kier molecular flexibility index (Phi) is 5.14. The maximum Gasteiger partial charge on any atom is 0.0752 e. The summed E-state index contributed by atoms with van der Waals surface area (Å²) in [6, 6.07) is 0. The fraction of sp³-hybridized carbons (Fsp3) is 0.714. The van der Waals surface area contributed by atoms with Gasteiger partial charge in [-0.3, -0.25) is 0 Å². The third-order valence-corrected chi connectivity index (χ3v) is 2.06. The highest BCUT2D eigenvalue weighted by Gasteiger charge is 2.14. The first kappa shape index (κ1) is 10.3. The van der Waals surface area contributed by atoms with Crippen LogP contribution in [0, 0.1) is 0 Å². The van der Waals surface area contributed by atoms with Crippen molar-refractivity contribution in [2.24, 2.45) is 0 Å². The van der Waals surface area contributed by atoms with Crippen LogP contribution in [0.1, 0.15) is 13.3 Å². The highest BCUT2D eigenvalue weighted by molar-refractivity contribution is 6.28.